The molecule has 1 heterocycles. The minimum atomic E-state index is -4.19. The van der Waals surface area contributed by atoms with Gasteiger partial charge in [-0.25, -0.2) is 4.98 Å². The van der Waals surface area contributed by atoms with E-state index in [-0.39, 0.29) is 5.01 Å². The highest BCUT2D eigenvalue weighted by Gasteiger charge is 2.44. The second-order valence-electron chi connectivity index (χ2n) is 3.13. The van der Waals surface area contributed by atoms with Crippen LogP contribution >= 0.6 is 11.3 Å². The maximum absolute atomic E-state index is 12.5. The van der Waals surface area contributed by atoms with Gasteiger partial charge in [-0.1, -0.05) is 27.7 Å². The van der Waals surface area contributed by atoms with Gasteiger partial charge in [0.05, 0.1) is 0 Å². The number of alkyl halides is 3. The first-order chi connectivity index (χ1) is 6.93. The Morgan fingerprint density at radius 1 is 1.27 bits per heavy atom. The van der Waals surface area contributed by atoms with Crippen LogP contribution in [0, 0.1) is 5.92 Å². The number of hydrogen-bond donors (Lipinski definition) is 0. The van der Waals surface area contributed by atoms with Crippen LogP contribution in [-0.4, -0.2) is 11.2 Å². The molecule has 0 aliphatic rings. The predicted molar refractivity (Wildman–Crippen MR) is 57.1 cm³/mol. The number of thiazole rings is 1. The van der Waals surface area contributed by atoms with Crippen molar-refractivity contribution in [2.75, 3.05) is 0 Å². The summed E-state index contributed by atoms with van der Waals surface area (Å²) < 4.78 is 37.5. The second kappa shape index (κ2) is 6.10. The normalized spacial score (nSPS) is 13.3. The van der Waals surface area contributed by atoms with Crippen LogP contribution in [0.5, 0.6) is 0 Å². The van der Waals surface area contributed by atoms with Crippen LogP contribution in [0.2, 0.25) is 0 Å². The van der Waals surface area contributed by atoms with Gasteiger partial charge < -0.3 is 0 Å². The maximum Gasteiger partial charge on any atom is 0.398 e. The van der Waals surface area contributed by atoms with Crippen molar-refractivity contribution in [1.82, 2.24) is 4.98 Å². The minimum Gasteiger partial charge on any atom is -0.249 e. The smallest absolute Gasteiger partial charge is 0.249 e. The third-order valence-electron chi connectivity index (χ3n) is 1.74. The average Bonchev–Trinajstić information content (AvgIpc) is 2.57. The molecular weight excluding hydrogens is 223 g/mol. The lowest BCUT2D eigenvalue weighted by molar-refractivity contribution is -0.159. The summed E-state index contributed by atoms with van der Waals surface area (Å²) in [5.74, 6) is -1.89. The summed E-state index contributed by atoms with van der Waals surface area (Å²) in [4.78, 5) is 3.70. The molecule has 1 aromatic heterocycles. The van der Waals surface area contributed by atoms with Crippen LogP contribution in [0.3, 0.4) is 0 Å². The van der Waals surface area contributed by atoms with Crippen LogP contribution in [0.4, 0.5) is 13.2 Å². The zero-order valence-corrected chi connectivity index (χ0v) is 10.1. The zero-order valence-electron chi connectivity index (χ0n) is 9.30. The van der Waals surface area contributed by atoms with E-state index in [0.29, 0.717) is 0 Å². The molecule has 0 aliphatic heterocycles. The molecule has 0 aliphatic carbocycles. The standard InChI is InChI=1S/C8H10F3NS.C2H6/c1-5(2)6(8(9,10)11)7-12-3-4-13-7;1-2/h3-6H,1-2H3;1-2H3. The van der Waals surface area contributed by atoms with E-state index >= 15 is 0 Å². The van der Waals surface area contributed by atoms with Gasteiger partial charge >= 0.3 is 6.18 Å². The number of rotatable bonds is 2. The molecule has 0 radical (unpaired) electrons. The molecule has 0 saturated carbocycles. The molecule has 0 aromatic carbocycles. The van der Waals surface area contributed by atoms with Gasteiger partial charge in [-0.3, -0.25) is 0 Å². The van der Waals surface area contributed by atoms with E-state index in [0.717, 1.165) is 11.3 Å². The predicted octanol–water partition coefficient (Wildman–Crippen LogP) is 4.47. The van der Waals surface area contributed by atoms with Crippen LogP contribution in [0.15, 0.2) is 11.6 Å². The van der Waals surface area contributed by atoms with Crippen molar-refractivity contribution in [3.05, 3.63) is 16.6 Å². The molecule has 0 fully saturated rings. The SMILES string of the molecule is CC.CC(C)C(c1nccs1)C(F)(F)F. The highest BCUT2D eigenvalue weighted by atomic mass is 32.1. The summed E-state index contributed by atoms with van der Waals surface area (Å²) in [5, 5.41) is 1.72. The van der Waals surface area contributed by atoms with Crippen LogP contribution < -0.4 is 0 Å². The van der Waals surface area contributed by atoms with E-state index in [4.69, 9.17) is 0 Å². The van der Waals surface area contributed by atoms with E-state index in [1.807, 2.05) is 13.8 Å². The largest absolute Gasteiger partial charge is 0.398 e. The molecule has 0 amide bonds. The van der Waals surface area contributed by atoms with E-state index < -0.39 is 18.0 Å². The van der Waals surface area contributed by atoms with Gasteiger partial charge in [-0.15, -0.1) is 11.3 Å². The molecule has 0 N–H and O–H groups in total. The van der Waals surface area contributed by atoms with Crippen molar-refractivity contribution in [3.63, 3.8) is 0 Å². The highest BCUT2D eigenvalue weighted by molar-refractivity contribution is 7.09. The number of halogens is 3. The summed E-state index contributed by atoms with van der Waals surface area (Å²) in [6, 6.07) is 0. The lowest BCUT2D eigenvalue weighted by Gasteiger charge is -2.21. The first-order valence-electron chi connectivity index (χ1n) is 4.89. The molecule has 1 rings (SSSR count). The van der Waals surface area contributed by atoms with Gasteiger partial charge in [0.2, 0.25) is 0 Å². The third kappa shape index (κ3) is 4.20. The fourth-order valence-corrected chi connectivity index (χ4v) is 2.13. The molecule has 5 heteroatoms. The Bertz CT molecular complexity index is 254. The van der Waals surface area contributed by atoms with Crippen LogP contribution in [0.25, 0.3) is 0 Å². The maximum atomic E-state index is 12.5. The van der Waals surface area contributed by atoms with Crippen molar-refractivity contribution in [1.29, 1.82) is 0 Å². The first-order valence-corrected chi connectivity index (χ1v) is 5.77. The summed E-state index contributed by atoms with van der Waals surface area (Å²) in [5.41, 5.74) is 0. The minimum absolute atomic E-state index is 0.155. The van der Waals surface area contributed by atoms with Gasteiger partial charge in [0, 0.05) is 11.6 Å². The lowest BCUT2D eigenvalue weighted by Crippen LogP contribution is -2.25. The Morgan fingerprint density at radius 3 is 2.07 bits per heavy atom. The van der Waals surface area contributed by atoms with Gasteiger partial charge in [0.1, 0.15) is 10.9 Å². The lowest BCUT2D eigenvalue weighted by atomic mass is 9.96. The van der Waals surface area contributed by atoms with Crippen LogP contribution in [0.1, 0.15) is 38.6 Å². The fraction of sp³-hybridized carbons (Fsp3) is 0.700. The van der Waals surface area contributed by atoms with Gasteiger partial charge in [0.25, 0.3) is 0 Å². The van der Waals surface area contributed by atoms with Crippen molar-refractivity contribution in [2.24, 2.45) is 5.92 Å². The Balaban J connectivity index is 0.000000921. The Morgan fingerprint density at radius 2 is 1.80 bits per heavy atom. The van der Waals surface area contributed by atoms with Crippen molar-refractivity contribution in [3.8, 4) is 0 Å². The molecule has 0 saturated heterocycles. The summed E-state index contributed by atoms with van der Waals surface area (Å²) in [6.45, 7) is 7.11. The fourth-order valence-electron chi connectivity index (χ4n) is 1.19. The molecule has 0 bridgehead atoms. The van der Waals surface area contributed by atoms with Crippen LogP contribution in [-0.2, 0) is 0 Å². The second-order valence-corrected chi connectivity index (χ2v) is 4.06. The van der Waals surface area contributed by atoms with E-state index in [2.05, 4.69) is 4.98 Å². The molecule has 1 atom stereocenters. The Kier molecular flexibility index (Phi) is 5.87. The monoisotopic (exact) mass is 239 g/mol. The summed E-state index contributed by atoms with van der Waals surface area (Å²) in [7, 11) is 0. The van der Waals surface area contributed by atoms with Crippen molar-refractivity contribution in [2.45, 2.75) is 39.8 Å². The topological polar surface area (TPSA) is 12.9 Å². The third-order valence-corrected chi connectivity index (χ3v) is 2.60. The number of nitrogens with zero attached hydrogens (tertiary/aromatic N) is 1. The summed E-state index contributed by atoms with van der Waals surface area (Å²) >= 11 is 1.06. The highest BCUT2D eigenvalue weighted by Crippen LogP contribution is 2.40. The van der Waals surface area contributed by atoms with E-state index in [1.54, 1.807) is 19.2 Å². The number of aromatic nitrogens is 1. The number of hydrogen-bond acceptors (Lipinski definition) is 2. The van der Waals surface area contributed by atoms with Gasteiger partial charge in [-0.05, 0) is 5.92 Å². The van der Waals surface area contributed by atoms with Gasteiger partial charge in [-0.2, -0.15) is 13.2 Å². The molecular formula is C10H16F3NS. The molecule has 15 heavy (non-hydrogen) atoms. The molecule has 88 valence electrons. The van der Waals surface area contributed by atoms with E-state index in [1.165, 1.54) is 6.20 Å². The Hall–Kier alpha value is -0.580. The van der Waals surface area contributed by atoms with Crippen molar-refractivity contribution < 1.29 is 13.2 Å². The molecule has 1 unspecified atom stereocenters. The molecule has 1 nitrogen and oxygen atoms in total. The summed E-state index contributed by atoms with van der Waals surface area (Å²) in [6.07, 6.45) is -2.78. The molecule has 1 aromatic rings. The molecule has 0 spiro atoms. The Labute approximate surface area is 92.3 Å². The zero-order chi connectivity index (χ0) is 12.1. The average molecular weight is 239 g/mol. The quantitative estimate of drug-likeness (QED) is 0.742. The van der Waals surface area contributed by atoms with Crippen molar-refractivity contribution >= 4 is 11.3 Å². The van der Waals surface area contributed by atoms with Gasteiger partial charge in [0.15, 0.2) is 0 Å². The van der Waals surface area contributed by atoms with E-state index in [9.17, 15) is 13.2 Å². The first kappa shape index (κ1) is 14.4.